The molecule has 0 saturated carbocycles. The molecule has 0 aromatic carbocycles. The lowest BCUT2D eigenvalue weighted by atomic mass is 9.84. The molecule has 0 aliphatic carbocycles. The summed E-state index contributed by atoms with van der Waals surface area (Å²) >= 11 is 0. The molecule has 1 atom stereocenters. The second-order valence-corrected chi connectivity index (χ2v) is 6.26. The van der Waals surface area contributed by atoms with Crippen molar-refractivity contribution in [3.63, 3.8) is 0 Å². The molecule has 1 N–H and O–H groups in total. The number of nitrogens with zero attached hydrogens (tertiary/aromatic N) is 3. The molecular weight excluding hydrogens is 280 g/mol. The number of hydrogen-bond donors (Lipinski definition) is 1. The van der Waals surface area contributed by atoms with Crippen LogP contribution in [0.4, 0.5) is 0 Å². The molecule has 2 aromatic heterocycles. The Kier molecular flexibility index (Phi) is 3.82. The number of nitrogens with one attached hydrogen (secondary N) is 1. The number of fused-ring (bicyclic) bond motifs is 1. The molecule has 22 heavy (non-hydrogen) atoms. The van der Waals surface area contributed by atoms with Crippen molar-refractivity contribution in [2.75, 3.05) is 19.8 Å². The van der Waals surface area contributed by atoms with E-state index in [2.05, 4.69) is 15.5 Å². The van der Waals surface area contributed by atoms with Gasteiger partial charge in [-0.15, -0.1) is 10.2 Å². The minimum Gasteiger partial charge on any atom is -0.381 e. The maximum atomic E-state index is 6.09. The first kappa shape index (κ1) is 14.1. The Labute approximate surface area is 129 Å². The molecule has 2 aliphatic heterocycles. The van der Waals surface area contributed by atoms with Crippen LogP contribution in [0.2, 0.25) is 0 Å². The summed E-state index contributed by atoms with van der Waals surface area (Å²) in [6, 6.07) is 6.44. The predicted octanol–water partition coefficient (Wildman–Crippen LogP) is 1.55. The minimum atomic E-state index is 0.0288. The second kappa shape index (κ2) is 5.95. The Morgan fingerprint density at radius 1 is 1.23 bits per heavy atom. The van der Waals surface area contributed by atoms with Crippen LogP contribution >= 0.6 is 0 Å². The fourth-order valence-corrected chi connectivity index (χ4v) is 3.54. The molecule has 2 aromatic rings. The number of hydrogen-bond acceptors (Lipinski definition) is 5. The zero-order chi connectivity index (χ0) is 14.8. The van der Waals surface area contributed by atoms with Gasteiger partial charge in [-0.3, -0.25) is 4.40 Å². The lowest BCUT2D eigenvalue weighted by Crippen LogP contribution is -2.49. The van der Waals surface area contributed by atoms with Gasteiger partial charge in [-0.1, -0.05) is 6.07 Å². The van der Waals surface area contributed by atoms with Gasteiger partial charge in [0.05, 0.1) is 12.1 Å². The Morgan fingerprint density at radius 2 is 2.14 bits per heavy atom. The highest BCUT2D eigenvalue weighted by Gasteiger charge is 2.38. The van der Waals surface area contributed by atoms with Crippen molar-refractivity contribution in [3.05, 3.63) is 30.2 Å². The first-order valence-corrected chi connectivity index (χ1v) is 8.08. The molecule has 2 saturated heterocycles. The maximum Gasteiger partial charge on any atom is 0.160 e. The zero-order valence-electron chi connectivity index (χ0n) is 12.7. The van der Waals surface area contributed by atoms with Crippen LogP contribution in [0.15, 0.2) is 24.4 Å². The van der Waals surface area contributed by atoms with Crippen molar-refractivity contribution < 1.29 is 9.47 Å². The first-order chi connectivity index (χ1) is 10.8. The van der Waals surface area contributed by atoms with Crippen LogP contribution in [0.3, 0.4) is 0 Å². The molecule has 2 fully saturated rings. The van der Waals surface area contributed by atoms with Gasteiger partial charge in [-0.25, -0.2) is 0 Å². The summed E-state index contributed by atoms with van der Waals surface area (Å²) in [7, 11) is 0. The van der Waals surface area contributed by atoms with Crippen molar-refractivity contribution in [1.82, 2.24) is 19.9 Å². The Balaban J connectivity index is 1.41. The average molecular weight is 302 g/mol. The van der Waals surface area contributed by atoms with E-state index < -0.39 is 0 Å². The Hall–Kier alpha value is -1.50. The van der Waals surface area contributed by atoms with Crippen LogP contribution in [0.1, 0.15) is 31.5 Å². The van der Waals surface area contributed by atoms with Gasteiger partial charge >= 0.3 is 0 Å². The third kappa shape index (κ3) is 2.74. The summed E-state index contributed by atoms with van der Waals surface area (Å²) in [4.78, 5) is 0. The highest BCUT2D eigenvalue weighted by atomic mass is 16.5. The smallest absolute Gasteiger partial charge is 0.160 e. The average Bonchev–Trinajstić information content (AvgIpc) is 2.97. The van der Waals surface area contributed by atoms with Crippen LogP contribution in [0.5, 0.6) is 0 Å². The highest BCUT2D eigenvalue weighted by Crippen LogP contribution is 2.34. The molecule has 2 aliphatic rings. The van der Waals surface area contributed by atoms with E-state index in [1.165, 1.54) is 0 Å². The maximum absolute atomic E-state index is 6.09. The summed E-state index contributed by atoms with van der Waals surface area (Å²) in [5.41, 5.74) is 0.924. The van der Waals surface area contributed by atoms with Crippen LogP contribution in [-0.2, 0) is 16.0 Å². The minimum absolute atomic E-state index is 0.0288. The van der Waals surface area contributed by atoms with Crippen LogP contribution in [0, 0.1) is 0 Å². The van der Waals surface area contributed by atoms with Gasteiger partial charge in [0.25, 0.3) is 0 Å². The molecule has 118 valence electrons. The van der Waals surface area contributed by atoms with Gasteiger partial charge in [0.15, 0.2) is 11.5 Å². The van der Waals surface area contributed by atoms with Crippen molar-refractivity contribution in [3.8, 4) is 0 Å². The fourth-order valence-electron chi connectivity index (χ4n) is 3.54. The quantitative estimate of drug-likeness (QED) is 0.932. The first-order valence-electron chi connectivity index (χ1n) is 8.08. The van der Waals surface area contributed by atoms with Crippen molar-refractivity contribution in [2.24, 2.45) is 0 Å². The second-order valence-electron chi connectivity index (χ2n) is 6.26. The molecule has 0 unspecified atom stereocenters. The molecule has 4 rings (SSSR count). The summed E-state index contributed by atoms with van der Waals surface area (Å²) in [5, 5.41) is 12.1. The summed E-state index contributed by atoms with van der Waals surface area (Å²) in [6.07, 6.45) is 6.15. The fraction of sp³-hybridized carbons (Fsp3) is 0.625. The molecule has 6 heteroatoms. The molecule has 6 nitrogen and oxygen atoms in total. The lowest BCUT2D eigenvalue weighted by molar-refractivity contribution is -0.140. The summed E-state index contributed by atoms with van der Waals surface area (Å²) in [5.74, 6) is 0.961. The normalized spacial score (nSPS) is 24.8. The molecule has 0 radical (unpaired) electrons. The van der Waals surface area contributed by atoms with Crippen molar-refractivity contribution in [2.45, 2.75) is 43.9 Å². The van der Waals surface area contributed by atoms with Crippen molar-refractivity contribution in [1.29, 1.82) is 0 Å². The van der Waals surface area contributed by atoms with E-state index >= 15 is 0 Å². The molecule has 0 bridgehead atoms. The lowest BCUT2D eigenvalue weighted by Gasteiger charge is -2.43. The number of rotatable bonds is 3. The SMILES string of the molecule is c1ccn2c(CN[C@H]3CCOC4(CCOCC4)C3)nnc2c1. The Morgan fingerprint density at radius 3 is 3.05 bits per heavy atom. The zero-order valence-corrected chi connectivity index (χ0v) is 12.7. The van der Waals surface area contributed by atoms with E-state index in [0.717, 1.165) is 63.5 Å². The van der Waals surface area contributed by atoms with Crippen molar-refractivity contribution >= 4 is 5.65 Å². The van der Waals surface area contributed by atoms with Gasteiger partial charge in [0, 0.05) is 32.1 Å². The van der Waals surface area contributed by atoms with Gasteiger partial charge in [0.2, 0.25) is 0 Å². The number of ether oxygens (including phenoxy) is 2. The highest BCUT2D eigenvalue weighted by molar-refractivity contribution is 5.36. The van der Waals surface area contributed by atoms with Crippen LogP contribution in [0.25, 0.3) is 5.65 Å². The molecule has 0 amide bonds. The van der Waals surface area contributed by atoms with E-state index in [1.54, 1.807) is 0 Å². The summed E-state index contributed by atoms with van der Waals surface area (Å²) in [6.45, 7) is 3.21. The Bertz CT molecular complexity index is 630. The van der Waals surface area contributed by atoms with E-state index in [9.17, 15) is 0 Å². The predicted molar refractivity (Wildman–Crippen MR) is 81.6 cm³/mol. The molecule has 1 spiro atoms. The topological polar surface area (TPSA) is 60.7 Å². The van der Waals surface area contributed by atoms with Crippen LogP contribution < -0.4 is 5.32 Å². The van der Waals surface area contributed by atoms with Gasteiger partial charge in [0.1, 0.15) is 0 Å². The van der Waals surface area contributed by atoms with E-state index in [4.69, 9.17) is 9.47 Å². The van der Waals surface area contributed by atoms with E-state index in [1.807, 2.05) is 28.8 Å². The molecule has 4 heterocycles. The third-order valence-corrected chi connectivity index (χ3v) is 4.83. The number of aromatic nitrogens is 3. The van der Waals surface area contributed by atoms with E-state index in [-0.39, 0.29) is 5.60 Å². The standard InChI is InChI=1S/C16H22N4O2/c1-2-7-20-14(3-1)18-19-15(20)12-17-13-4-8-22-16(11-13)5-9-21-10-6-16/h1-3,7,13,17H,4-6,8-12H2/t13-/m0/s1. The van der Waals surface area contributed by atoms with Gasteiger partial charge in [-0.05, 0) is 37.8 Å². The van der Waals surface area contributed by atoms with E-state index in [0.29, 0.717) is 6.04 Å². The largest absolute Gasteiger partial charge is 0.381 e. The van der Waals surface area contributed by atoms with Crippen LogP contribution in [-0.4, -0.2) is 46.1 Å². The summed E-state index contributed by atoms with van der Waals surface area (Å²) < 4.78 is 13.6. The monoisotopic (exact) mass is 302 g/mol. The number of pyridine rings is 1. The van der Waals surface area contributed by atoms with Gasteiger partial charge < -0.3 is 14.8 Å². The molecular formula is C16H22N4O2. The third-order valence-electron chi connectivity index (χ3n) is 4.83. The van der Waals surface area contributed by atoms with Gasteiger partial charge in [-0.2, -0.15) is 0 Å².